The first kappa shape index (κ1) is 19.4. The minimum atomic E-state index is -0.269. The molecule has 0 aromatic heterocycles. The highest BCUT2D eigenvalue weighted by Crippen LogP contribution is 2.14. The number of hydrogen-bond acceptors (Lipinski definition) is 4. The Hall–Kier alpha value is -1.63. The average molecular weight is 342 g/mol. The Morgan fingerprint density at radius 1 is 1.17 bits per heavy atom. The molecule has 2 unspecified atom stereocenters. The first-order valence-electron chi connectivity index (χ1n) is 7.52. The Labute approximate surface area is 142 Å². The summed E-state index contributed by atoms with van der Waals surface area (Å²) in [7, 11) is 0. The molecule has 1 aromatic rings. The normalized spacial score (nSPS) is 16.9. The zero-order valence-electron chi connectivity index (χ0n) is 13.5. The summed E-state index contributed by atoms with van der Waals surface area (Å²) in [5, 5.41) is 2.80. The molecule has 1 heterocycles. The monoisotopic (exact) mass is 341 g/mol. The number of carbonyl (C=O) groups is 2. The highest BCUT2D eigenvalue weighted by atomic mass is 35.5. The molecule has 1 aliphatic heterocycles. The molecule has 128 valence electrons. The Balaban J connectivity index is 0.00000264. The van der Waals surface area contributed by atoms with Gasteiger partial charge in [-0.3, -0.25) is 9.59 Å². The Bertz CT molecular complexity index is 528. The van der Waals surface area contributed by atoms with Gasteiger partial charge >= 0.3 is 0 Å². The summed E-state index contributed by atoms with van der Waals surface area (Å²) >= 11 is 0. The van der Waals surface area contributed by atoms with Crippen molar-refractivity contribution >= 4 is 29.9 Å². The lowest BCUT2D eigenvalue weighted by Crippen LogP contribution is -2.40. The summed E-state index contributed by atoms with van der Waals surface area (Å²) in [6.45, 7) is 5.97. The maximum absolute atomic E-state index is 12.3. The predicted octanol–water partition coefficient (Wildman–Crippen LogP) is 1.50. The van der Waals surface area contributed by atoms with E-state index in [1.165, 1.54) is 0 Å². The molecule has 2 atom stereocenters. The van der Waals surface area contributed by atoms with Crippen molar-refractivity contribution < 1.29 is 14.3 Å². The van der Waals surface area contributed by atoms with Gasteiger partial charge in [-0.15, -0.1) is 12.4 Å². The zero-order valence-corrected chi connectivity index (χ0v) is 14.3. The Morgan fingerprint density at radius 3 is 2.26 bits per heavy atom. The minimum absolute atomic E-state index is 0. The highest BCUT2D eigenvalue weighted by Gasteiger charge is 2.19. The van der Waals surface area contributed by atoms with Crippen LogP contribution >= 0.6 is 12.4 Å². The largest absolute Gasteiger partial charge is 0.378 e. The highest BCUT2D eigenvalue weighted by molar-refractivity contribution is 5.96. The average Bonchev–Trinajstić information content (AvgIpc) is 2.54. The molecular formula is C16H24ClN3O3. The molecule has 2 amide bonds. The number of carbonyl (C=O) groups excluding carboxylic acids is 2. The van der Waals surface area contributed by atoms with Crippen molar-refractivity contribution in [3.05, 3.63) is 29.8 Å². The number of morpholine rings is 1. The van der Waals surface area contributed by atoms with Gasteiger partial charge in [-0.25, -0.2) is 0 Å². The second kappa shape index (κ2) is 8.86. The molecule has 3 N–H and O–H groups in total. The van der Waals surface area contributed by atoms with E-state index in [-0.39, 0.29) is 36.2 Å². The van der Waals surface area contributed by atoms with Gasteiger partial charge in [0.05, 0.1) is 19.1 Å². The van der Waals surface area contributed by atoms with E-state index in [1.807, 2.05) is 0 Å². The maximum Gasteiger partial charge on any atom is 0.254 e. The van der Waals surface area contributed by atoms with Gasteiger partial charge in [0.25, 0.3) is 5.91 Å². The van der Waals surface area contributed by atoms with Crippen LogP contribution in [0.15, 0.2) is 24.3 Å². The molecule has 6 nitrogen and oxygen atoms in total. The van der Waals surface area contributed by atoms with Gasteiger partial charge < -0.3 is 20.7 Å². The van der Waals surface area contributed by atoms with Crippen LogP contribution in [0, 0.1) is 5.92 Å². The maximum atomic E-state index is 12.3. The number of anilines is 1. The molecule has 1 aromatic carbocycles. The zero-order chi connectivity index (χ0) is 16.1. The van der Waals surface area contributed by atoms with E-state index in [2.05, 4.69) is 5.32 Å². The number of hydrogen-bond donors (Lipinski definition) is 2. The van der Waals surface area contributed by atoms with Crippen molar-refractivity contribution in [1.29, 1.82) is 0 Å². The molecule has 1 saturated heterocycles. The molecule has 0 saturated carbocycles. The van der Waals surface area contributed by atoms with Crippen LogP contribution in [0.3, 0.4) is 0 Å². The van der Waals surface area contributed by atoms with Gasteiger partial charge in [-0.05, 0) is 31.2 Å². The van der Waals surface area contributed by atoms with E-state index in [0.717, 1.165) is 0 Å². The van der Waals surface area contributed by atoms with E-state index in [4.69, 9.17) is 10.5 Å². The lowest BCUT2D eigenvalue weighted by atomic mass is 10.0. The molecule has 1 fully saturated rings. The fourth-order valence-electron chi connectivity index (χ4n) is 2.14. The smallest absolute Gasteiger partial charge is 0.254 e. The Morgan fingerprint density at radius 2 is 1.74 bits per heavy atom. The van der Waals surface area contributed by atoms with Crippen molar-refractivity contribution in [2.45, 2.75) is 19.9 Å². The molecule has 0 spiro atoms. The fraction of sp³-hybridized carbons (Fsp3) is 0.500. The first-order valence-corrected chi connectivity index (χ1v) is 7.52. The predicted molar refractivity (Wildman–Crippen MR) is 91.9 cm³/mol. The molecular weight excluding hydrogens is 318 g/mol. The summed E-state index contributed by atoms with van der Waals surface area (Å²) < 4.78 is 5.24. The number of halogens is 1. The fourth-order valence-corrected chi connectivity index (χ4v) is 2.14. The molecule has 0 bridgehead atoms. The van der Waals surface area contributed by atoms with Crippen LogP contribution in [0.4, 0.5) is 5.69 Å². The van der Waals surface area contributed by atoms with E-state index < -0.39 is 0 Å². The summed E-state index contributed by atoms with van der Waals surface area (Å²) in [5.74, 6) is -0.401. The summed E-state index contributed by atoms with van der Waals surface area (Å²) in [6, 6.07) is 6.72. The number of nitrogens with zero attached hydrogens (tertiary/aromatic N) is 1. The van der Waals surface area contributed by atoms with Crippen LogP contribution in [0.1, 0.15) is 24.2 Å². The standard InChI is InChI=1S/C16H23N3O3.ClH/c1-11(12(2)17)15(20)18-14-5-3-13(4-6-14)16(21)19-7-9-22-10-8-19;/h3-6,11-12H,7-10,17H2,1-2H3,(H,18,20);1H. The van der Waals surface area contributed by atoms with Crippen LogP contribution < -0.4 is 11.1 Å². The van der Waals surface area contributed by atoms with Gasteiger partial charge in [0.2, 0.25) is 5.91 Å². The van der Waals surface area contributed by atoms with E-state index in [1.54, 1.807) is 43.0 Å². The third-order valence-corrected chi connectivity index (χ3v) is 3.90. The molecule has 0 radical (unpaired) electrons. The molecule has 0 aliphatic carbocycles. The quantitative estimate of drug-likeness (QED) is 0.869. The molecule has 23 heavy (non-hydrogen) atoms. The topological polar surface area (TPSA) is 84.7 Å². The summed E-state index contributed by atoms with van der Waals surface area (Å²) in [5.41, 5.74) is 6.99. The van der Waals surface area contributed by atoms with Crippen LogP contribution in [0.25, 0.3) is 0 Å². The molecule has 2 rings (SSSR count). The van der Waals surface area contributed by atoms with E-state index in [9.17, 15) is 9.59 Å². The van der Waals surface area contributed by atoms with E-state index in [0.29, 0.717) is 37.6 Å². The summed E-state index contributed by atoms with van der Waals surface area (Å²) in [6.07, 6.45) is 0. The van der Waals surface area contributed by atoms with Crippen LogP contribution in [-0.4, -0.2) is 49.1 Å². The first-order chi connectivity index (χ1) is 10.5. The van der Waals surface area contributed by atoms with Gasteiger partial charge in [0, 0.05) is 30.4 Å². The number of benzene rings is 1. The summed E-state index contributed by atoms with van der Waals surface area (Å²) in [4.78, 5) is 26.0. The van der Waals surface area contributed by atoms with Crippen molar-refractivity contribution in [3.8, 4) is 0 Å². The number of nitrogens with one attached hydrogen (secondary N) is 1. The third-order valence-electron chi connectivity index (χ3n) is 3.90. The van der Waals surface area contributed by atoms with Crippen molar-refractivity contribution in [1.82, 2.24) is 4.90 Å². The van der Waals surface area contributed by atoms with Crippen molar-refractivity contribution in [2.24, 2.45) is 11.7 Å². The molecule has 7 heteroatoms. The minimum Gasteiger partial charge on any atom is -0.378 e. The van der Waals surface area contributed by atoms with Crippen LogP contribution in [0.5, 0.6) is 0 Å². The number of amides is 2. The number of rotatable bonds is 4. The second-order valence-electron chi connectivity index (χ2n) is 5.62. The number of nitrogens with two attached hydrogens (primary N) is 1. The lowest BCUT2D eigenvalue weighted by molar-refractivity contribution is -0.119. The number of ether oxygens (including phenoxy) is 1. The second-order valence-corrected chi connectivity index (χ2v) is 5.62. The lowest BCUT2D eigenvalue weighted by Gasteiger charge is -2.26. The SMILES string of the molecule is CC(N)C(C)C(=O)Nc1ccc(C(=O)N2CCOCC2)cc1.Cl. The van der Waals surface area contributed by atoms with Gasteiger partial charge in [-0.1, -0.05) is 6.92 Å². The van der Waals surface area contributed by atoms with Gasteiger partial charge in [0.15, 0.2) is 0 Å². The van der Waals surface area contributed by atoms with Crippen LogP contribution in [-0.2, 0) is 9.53 Å². The third kappa shape index (κ3) is 5.20. The van der Waals surface area contributed by atoms with Gasteiger partial charge in [-0.2, -0.15) is 0 Å². The van der Waals surface area contributed by atoms with Crippen LogP contribution in [0.2, 0.25) is 0 Å². The molecule has 1 aliphatic rings. The van der Waals surface area contributed by atoms with Crippen molar-refractivity contribution in [3.63, 3.8) is 0 Å². The van der Waals surface area contributed by atoms with Crippen molar-refractivity contribution in [2.75, 3.05) is 31.6 Å². The van der Waals surface area contributed by atoms with Gasteiger partial charge in [0.1, 0.15) is 0 Å². The van der Waals surface area contributed by atoms with E-state index >= 15 is 0 Å². The Kier molecular flexibility index (Phi) is 7.48.